The third kappa shape index (κ3) is 6.30. The summed E-state index contributed by atoms with van der Waals surface area (Å²) >= 11 is 6.07. The summed E-state index contributed by atoms with van der Waals surface area (Å²) in [4.78, 5) is 12.2. The van der Waals surface area contributed by atoms with Gasteiger partial charge in [0.05, 0.1) is 38.0 Å². The molecule has 0 aromatic heterocycles. The van der Waals surface area contributed by atoms with Gasteiger partial charge in [0.15, 0.2) is 11.5 Å². The molecule has 0 unspecified atom stereocenters. The van der Waals surface area contributed by atoms with Crippen LogP contribution >= 0.6 is 11.6 Å². The molecule has 0 saturated heterocycles. The molecule has 0 aliphatic rings. The van der Waals surface area contributed by atoms with Crippen molar-refractivity contribution in [3.05, 3.63) is 71.8 Å². The molecule has 0 fully saturated rings. The van der Waals surface area contributed by atoms with Gasteiger partial charge in [-0.3, -0.25) is 9.52 Å². The van der Waals surface area contributed by atoms with Crippen molar-refractivity contribution in [2.24, 2.45) is 0 Å². The second-order valence-electron chi connectivity index (χ2n) is 6.75. The third-order valence-electron chi connectivity index (χ3n) is 4.51. The highest BCUT2D eigenvalue weighted by Crippen LogP contribution is 2.31. The van der Waals surface area contributed by atoms with E-state index in [2.05, 4.69) is 10.0 Å². The largest absolute Gasteiger partial charge is 0.495 e. The van der Waals surface area contributed by atoms with Gasteiger partial charge in [-0.25, -0.2) is 8.42 Å². The van der Waals surface area contributed by atoms with Gasteiger partial charge in [-0.1, -0.05) is 35.9 Å². The van der Waals surface area contributed by atoms with Crippen molar-refractivity contribution < 1.29 is 27.4 Å². The van der Waals surface area contributed by atoms with E-state index >= 15 is 0 Å². The van der Waals surface area contributed by atoms with Crippen LogP contribution in [-0.4, -0.2) is 35.2 Å². The summed E-state index contributed by atoms with van der Waals surface area (Å²) in [5.41, 5.74) is 0.516. The van der Waals surface area contributed by atoms with E-state index in [0.29, 0.717) is 11.5 Å². The lowest BCUT2D eigenvalue weighted by Gasteiger charge is -2.14. The number of carbonyl (C=O) groups excluding carboxylic acids is 1. The van der Waals surface area contributed by atoms with Crippen LogP contribution < -0.4 is 24.2 Å². The summed E-state index contributed by atoms with van der Waals surface area (Å²) in [6.45, 7) is 0.113. The number of rotatable bonds is 10. The van der Waals surface area contributed by atoms with Crippen LogP contribution in [0, 0.1) is 0 Å². The predicted molar refractivity (Wildman–Crippen MR) is 127 cm³/mol. The summed E-state index contributed by atoms with van der Waals surface area (Å²) < 4.78 is 44.4. The molecule has 8 nitrogen and oxygen atoms in total. The van der Waals surface area contributed by atoms with Crippen molar-refractivity contribution in [3.8, 4) is 17.2 Å². The number of benzene rings is 3. The number of halogens is 1. The number of sulfonamides is 1. The van der Waals surface area contributed by atoms with Crippen LogP contribution in [0.25, 0.3) is 0 Å². The van der Waals surface area contributed by atoms with E-state index in [0.717, 1.165) is 0 Å². The quantitative estimate of drug-likeness (QED) is 0.431. The minimum Gasteiger partial charge on any atom is -0.495 e. The van der Waals surface area contributed by atoms with Gasteiger partial charge < -0.3 is 19.5 Å². The maximum absolute atomic E-state index is 13.0. The normalized spacial score (nSPS) is 10.9. The fraction of sp³-hybridized carbons (Fsp3) is 0.174. The van der Waals surface area contributed by atoms with E-state index in [9.17, 15) is 13.2 Å². The molecule has 2 N–H and O–H groups in total. The van der Waals surface area contributed by atoms with Crippen LogP contribution in [-0.2, 0) is 14.8 Å². The summed E-state index contributed by atoms with van der Waals surface area (Å²) in [7, 11) is -1.16. The molecule has 0 aliphatic carbocycles. The zero-order chi connectivity index (χ0) is 23.8. The molecule has 1 amide bonds. The lowest BCUT2D eigenvalue weighted by atomic mass is 10.3. The maximum Gasteiger partial charge on any atom is 0.265 e. The number of anilines is 2. The van der Waals surface area contributed by atoms with Gasteiger partial charge >= 0.3 is 0 Å². The van der Waals surface area contributed by atoms with Gasteiger partial charge in [0.2, 0.25) is 5.91 Å². The fourth-order valence-corrected chi connectivity index (χ4v) is 4.44. The van der Waals surface area contributed by atoms with Crippen LogP contribution in [0.4, 0.5) is 11.4 Å². The maximum atomic E-state index is 13.0. The number of hydrogen-bond donors (Lipinski definition) is 2. The molecule has 33 heavy (non-hydrogen) atoms. The first kappa shape index (κ1) is 24.2. The number of methoxy groups -OCH3 is 2. The van der Waals surface area contributed by atoms with Gasteiger partial charge in [0, 0.05) is 5.69 Å². The Labute approximate surface area is 197 Å². The van der Waals surface area contributed by atoms with Gasteiger partial charge in [0.25, 0.3) is 10.0 Å². The number of hydrogen-bond acceptors (Lipinski definition) is 6. The molecule has 3 rings (SSSR count). The molecular formula is C23H23ClN2O6S. The Morgan fingerprint density at radius 2 is 1.58 bits per heavy atom. The van der Waals surface area contributed by atoms with Gasteiger partial charge in [-0.2, -0.15) is 0 Å². The lowest BCUT2D eigenvalue weighted by Crippen LogP contribution is -2.17. The van der Waals surface area contributed by atoms with Crippen LogP contribution in [0.1, 0.15) is 6.42 Å². The van der Waals surface area contributed by atoms with E-state index in [1.807, 2.05) is 6.07 Å². The van der Waals surface area contributed by atoms with Crippen LogP contribution in [0.2, 0.25) is 5.02 Å². The minimum atomic E-state index is -4.05. The first-order chi connectivity index (χ1) is 15.8. The SMILES string of the molecule is COc1ccccc1OCCC(=O)Nc1ccc(OC)c(S(=O)(=O)Nc2ccccc2Cl)c1. The minimum absolute atomic E-state index is 0.0457. The Balaban J connectivity index is 1.69. The van der Waals surface area contributed by atoms with E-state index < -0.39 is 10.0 Å². The van der Waals surface area contributed by atoms with Crippen LogP contribution in [0.5, 0.6) is 17.2 Å². The van der Waals surface area contributed by atoms with Gasteiger partial charge in [-0.05, 0) is 42.5 Å². The highest BCUT2D eigenvalue weighted by Gasteiger charge is 2.22. The van der Waals surface area contributed by atoms with Gasteiger partial charge in [0.1, 0.15) is 10.6 Å². The first-order valence-corrected chi connectivity index (χ1v) is 11.7. The summed E-state index contributed by atoms with van der Waals surface area (Å²) in [5, 5.41) is 2.92. The standard InChI is InChI=1S/C23H23ClN2O6S/c1-30-19-9-5-6-10-20(19)32-14-13-23(27)25-16-11-12-21(31-2)22(15-16)33(28,29)26-18-8-4-3-7-17(18)24/h3-12,15,26H,13-14H2,1-2H3,(H,25,27). The molecule has 0 spiro atoms. The molecule has 174 valence electrons. The predicted octanol–water partition coefficient (Wildman–Crippen LogP) is 4.57. The van der Waals surface area contributed by atoms with Crippen molar-refractivity contribution in [1.82, 2.24) is 0 Å². The summed E-state index contributed by atoms with van der Waals surface area (Å²) in [6.07, 6.45) is 0.0457. The topological polar surface area (TPSA) is 103 Å². The van der Waals surface area contributed by atoms with E-state index in [1.54, 1.807) is 48.5 Å². The molecule has 0 atom stereocenters. The molecular weight excluding hydrogens is 468 g/mol. The molecule has 0 aliphatic heterocycles. The number of para-hydroxylation sites is 3. The average Bonchev–Trinajstić information content (AvgIpc) is 2.80. The number of carbonyl (C=O) groups is 1. The molecule has 0 bridgehead atoms. The number of ether oxygens (including phenoxy) is 3. The highest BCUT2D eigenvalue weighted by molar-refractivity contribution is 7.92. The van der Waals surface area contributed by atoms with Crippen molar-refractivity contribution in [3.63, 3.8) is 0 Å². The number of nitrogens with one attached hydrogen (secondary N) is 2. The smallest absolute Gasteiger partial charge is 0.265 e. The van der Waals surface area contributed by atoms with E-state index in [-0.39, 0.29) is 46.0 Å². The fourth-order valence-electron chi connectivity index (χ4n) is 2.92. The van der Waals surface area contributed by atoms with Crippen molar-refractivity contribution >= 4 is 38.9 Å². The molecule has 10 heteroatoms. The Bertz CT molecular complexity index is 1230. The van der Waals surface area contributed by atoms with Crippen LogP contribution in [0.15, 0.2) is 71.6 Å². The second-order valence-corrected chi connectivity index (χ2v) is 8.81. The van der Waals surface area contributed by atoms with Gasteiger partial charge in [-0.15, -0.1) is 0 Å². The Kier molecular flexibility index (Phi) is 8.02. The second kappa shape index (κ2) is 10.9. The molecule has 0 radical (unpaired) electrons. The Morgan fingerprint density at radius 3 is 2.27 bits per heavy atom. The monoisotopic (exact) mass is 490 g/mol. The zero-order valence-electron chi connectivity index (χ0n) is 18.0. The highest BCUT2D eigenvalue weighted by atomic mass is 35.5. The molecule has 3 aromatic rings. The molecule has 0 saturated carbocycles. The Morgan fingerprint density at radius 1 is 0.909 bits per heavy atom. The molecule has 0 heterocycles. The van der Waals surface area contributed by atoms with Crippen LogP contribution in [0.3, 0.4) is 0 Å². The number of amides is 1. The van der Waals surface area contributed by atoms with E-state index in [4.69, 9.17) is 25.8 Å². The molecule has 3 aromatic carbocycles. The summed E-state index contributed by atoms with van der Waals surface area (Å²) in [6, 6.07) is 17.9. The Hall–Kier alpha value is -3.43. The van der Waals surface area contributed by atoms with Crippen molar-refractivity contribution in [1.29, 1.82) is 0 Å². The average molecular weight is 491 g/mol. The van der Waals surface area contributed by atoms with Crippen molar-refractivity contribution in [2.45, 2.75) is 11.3 Å². The third-order valence-corrected chi connectivity index (χ3v) is 6.23. The zero-order valence-corrected chi connectivity index (χ0v) is 19.6. The van der Waals surface area contributed by atoms with E-state index in [1.165, 1.54) is 26.4 Å². The lowest BCUT2D eigenvalue weighted by molar-refractivity contribution is -0.116. The summed E-state index contributed by atoms with van der Waals surface area (Å²) in [5.74, 6) is 0.856. The first-order valence-electron chi connectivity index (χ1n) is 9.85. The van der Waals surface area contributed by atoms with Crippen molar-refractivity contribution in [2.75, 3.05) is 30.9 Å².